The molecule has 2 aromatic carbocycles. The van der Waals surface area contributed by atoms with Gasteiger partial charge in [0, 0.05) is 0 Å². The smallest absolute Gasteiger partial charge is 0.319 e. The average molecular weight is 328 g/mol. The summed E-state index contributed by atoms with van der Waals surface area (Å²) in [6.07, 6.45) is 0. The molecule has 2 aromatic rings. The maximum absolute atomic E-state index is 11.9. The molecule has 128 valence electrons. The van der Waals surface area contributed by atoms with Gasteiger partial charge in [0.1, 0.15) is 18.1 Å². The minimum Gasteiger partial charge on any atom is -0.495 e. The van der Waals surface area contributed by atoms with Gasteiger partial charge >= 0.3 is 6.03 Å². The molecule has 0 aliphatic heterocycles. The van der Waals surface area contributed by atoms with Crippen LogP contribution in [-0.4, -0.2) is 26.3 Å². The summed E-state index contributed by atoms with van der Waals surface area (Å²) in [5, 5.41) is 5.50. The van der Waals surface area contributed by atoms with Crippen molar-refractivity contribution >= 4 is 11.7 Å². The van der Waals surface area contributed by atoms with Crippen molar-refractivity contribution in [3.8, 4) is 11.5 Å². The maximum atomic E-state index is 11.9. The summed E-state index contributed by atoms with van der Waals surface area (Å²) >= 11 is 0. The second kappa shape index (κ2) is 8.82. The van der Waals surface area contributed by atoms with E-state index in [0.717, 1.165) is 5.75 Å². The van der Waals surface area contributed by atoms with Crippen LogP contribution in [0.3, 0.4) is 0 Å². The first kappa shape index (κ1) is 17.7. The number of para-hydroxylation sites is 2. The molecule has 0 atom stereocenters. The lowest BCUT2D eigenvalue weighted by molar-refractivity contribution is 0.247. The number of hydrogen-bond acceptors (Lipinski definition) is 3. The zero-order chi connectivity index (χ0) is 17.4. The van der Waals surface area contributed by atoms with E-state index in [4.69, 9.17) is 9.47 Å². The molecule has 5 nitrogen and oxygen atoms in total. The summed E-state index contributed by atoms with van der Waals surface area (Å²) < 4.78 is 10.8. The van der Waals surface area contributed by atoms with Crippen LogP contribution < -0.4 is 20.1 Å². The van der Waals surface area contributed by atoms with Crippen molar-refractivity contribution in [2.75, 3.05) is 25.6 Å². The van der Waals surface area contributed by atoms with Gasteiger partial charge in [0.15, 0.2) is 0 Å². The van der Waals surface area contributed by atoms with Crippen LogP contribution >= 0.6 is 0 Å². The van der Waals surface area contributed by atoms with Crippen molar-refractivity contribution in [1.82, 2.24) is 5.32 Å². The zero-order valence-corrected chi connectivity index (χ0v) is 14.3. The first-order valence-electron chi connectivity index (χ1n) is 8.00. The Morgan fingerprint density at radius 2 is 1.79 bits per heavy atom. The van der Waals surface area contributed by atoms with E-state index in [-0.39, 0.29) is 6.03 Å². The van der Waals surface area contributed by atoms with Crippen LogP contribution in [0, 0.1) is 0 Å². The van der Waals surface area contributed by atoms with E-state index < -0.39 is 0 Å². The van der Waals surface area contributed by atoms with E-state index in [1.54, 1.807) is 19.2 Å². The Bertz CT molecular complexity index is 654. The number of hydrogen-bond donors (Lipinski definition) is 2. The molecule has 0 spiro atoms. The molecule has 5 heteroatoms. The van der Waals surface area contributed by atoms with E-state index in [2.05, 4.69) is 36.6 Å². The minimum atomic E-state index is -0.293. The lowest BCUT2D eigenvalue weighted by Crippen LogP contribution is -2.32. The Morgan fingerprint density at radius 1 is 1.08 bits per heavy atom. The fourth-order valence-electron chi connectivity index (χ4n) is 2.20. The Balaban J connectivity index is 1.73. The Hall–Kier alpha value is -2.69. The van der Waals surface area contributed by atoms with Gasteiger partial charge in [0.2, 0.25) is 0 Å². The molecule has 0 saturated carbocycles. The van der Waals surface area contributed by atoms with Crippen molar-refractivity contribution in [3.63, 3.8) is 0 Å². The van der Waals surface area contributed by atoms with Crippen LogP contribution in [0.2, 0.25) is 0 Å². The number of methoxy groups -OCH3 is 1. The lowest BCUT2D eigenvalue weighted by Gasteiger charge is -2.12. The van der Waals surface area contributed by atoms with Crippen molar-refractivity contribution in [2.24, 2.45) is 0 Å². The fraction of sp³-hybridized carbons (Fsp3) is 0.316. The topological polar surface area (TPSA) is 59.6 Å². The normalized spacial score (nSPS) is 10.3. The quantitative estimate of drug-likeness (QED) is 0.755. The van der Waals surface area contributed by atoms with Gasteiger partial charge in [-0.15, -0.1) is 0 Å². The summed E-state index contributed by atoms with van der Waals surface area (Å²) in [6.45, 7) is 5.12. The molecule has 0 aromatic heterocycles. The molecule has 0 fully saturated rings. The number of ether oxygens (including phenoxy) is 2. The van der Waals surface area contributed by atoms with Gasteiger partial charge in [-0.1, -0.05) is 38.1 Å². The predicted molar refractivity (Wildman–Crippen MR) is 96.0 cm³/mol. The highest BCUT2D eigenvalue weighted by Crippen LogP contribution is 2.22. The summed E-state index contributed by atoms with van der Waals surface area (Å²) in [6, 6.07) is 15.0. The second-order valence-corrected chi connectivity index (χ2v) is 5.65. The Kier molecular flexibility index (Phi) is 6.49. The van der Waals surface area contributed by atoms with Crippen LogP contribution in [0.4, 0.5) is 10.5 Å². The molecular formula is C19H24N2O3. The second-order valence-electron chi connectivity index (χ2n) is 5.65. The first-order valence-corrected chi connectivity index (χ1v) is 8.00. The van der Waals surface area contributed by atoms with E-state index >= 15 is 0 Å². The Labute approximate surface area is 143 Å². The number of carbonyl (C=O) groups excluding carboxylic acids is 1. The third kappa shape index (κ3) is 5.19. The van der Waals surface area contributed by atoms with Crippen LogP contribution in [0.5, 0.6) is 11.5 Å². The van der Waals surface area contributed by atoms with Crippen molar-refractivity contribution in [1.29, 1.82) is 0 Å². The number of rotatable bonds is 7. The molecule has 0 radical (unpaired) electrons. The number of amides is 2. The maximum Gasteiger partial charge on any atom is 0.319 e. The monoisotopic (exact) mass is 328 g/mol. The summed E-state index contributed by atoms with van der Waals surface area (Å²) in [5.74, 6) is 1.92. The van der Waals surface area contributed by atoms with Gasteiger partial charge < -0.3 is 20.1 Å². The minimum absolute atomic E-state index is 0.293. The molecule has 0 aliphatic rings. The molecule has 0 unspecified atom stereocenters. The standard InChI is InChI=1S/C19H24N2O3/c1-14(2)15-8-10-16(11-9-15)24-13-12-20-19(22)21-17-6-4-5-7-18(17)23-3/h4-11,14H,12-13H2,1-3H3,(H2,20,21,22). The van der Waals surface area contributed by atoms with Gasteiger partial charge in [-0.05, 0) is 35.7 Å². The Morgan fingerprint density at radius 3 is 2.46 bits per heavy atom. The van der Waals surface area contributed by atoms with Gasteiger partial charge in [0.25, 0.3) is 0 Å². The summed E-state index contributed by atoms with van der Waals surface area (Å²) in [4.78, 5) is 11.9. The lowest BCUT2D eigenvalue weighted by atomic mass is 10.0. The average Bonchev–Trinajstić information content (AvgIpc) is 2.59. The SMILES string of the molecule is COc1ccccc1NC(=O)NCCOc1ccc(C(C)C)cc1. The fourth-order valence-corrected chi connectivity index (χ4v) is 2.20. The molecule has 0 aliphatic carbocycles. The highest BCUT2D eigenvalue weighted by Gasteiger charge is 2.06. The molecule has 0 bridgehead atoms. The largest absolute Gasteiger partial charge is 0.495 e. The van der Waals surface area contributed by atoms with E-state index in [1.807, 2.05) is 24.3 Å². The van der Waals surface area contributed by atoms with E-state index in [9.17, 15) is 4.79 Å². The number of nitrogens with one attached hydrogen (secondary N) is 2. The van der Waals surface area contributed by atoms with Crippen LogP contribution in [-0.2, 0) is 0 Å². The van der Waals surface area contributed by atoms with E-state index in [0.29, 0.717) is 30.5 Å². The molecular weight excluding hydrogens is 304 g/mol. The van der Waals surface area contributed by atoms with Gasteiger partial charge in [-0.2, -0.15) is 0 Å². The van der Waals surface area contributed by atoms with Gasteiger partial charge in [-0.25, -0.2) is 4.79 Å². The van der Waals surface area contributed by atoms with Crippen molar-refractivity contribution in [2.45, 2.75) is 19.8 Å². The third-order valence-electron chi connectivity index (χ3n) is 3.56. The third-order valence-corrected chi connectivity index (χ3v) is 3.56. The van der Waals surface area contributed by atoms with Crippen molar-refractivity contribution in [3.05, 3.63) is 54.1 Å². The van der Waals surface area contributed by atoms with Crippen molar-refractivity contribution < 1.29 is 14.3 Å². The highest BCUT2D eigenvalue weighted by atomic mass is 16.5. The molecule has 24 heavy (non-hydrogen) atoms. The molecule has 2 amide bonds. The van der Waals surface area contributed by atoms with E-state index in [1.165, 1.54) is 5.56 Å². The number of benzene rings is 2. The molecule has 2 N–H and O–H groups in total. The van der Waals surface area contributed by atoms with Crippen LogP contribution in [0.15, 0.2) is 48.5 Å². The number of anilines is 1. The summed E-state index contributed by atoms with van der Waals surface area (Å²) in [5.41, 5.74) is 1.90. The highest BCUT2D eigenvalue weighted by molar-refractivity contribution is 5.90. The zero-order valence-electron chi connectivity index (χ0n) is 14.3. The van der Waals surface area contributed by atoms with Crippen LogP contribution in [0.1, 0.15) is 25.3 Å². The summed E-state index contributed by atoms with van der Waals surface area (Å²) in [7, 11) is 1.57. The molecule has 0 heterocycles. The van der Waals surface area contributed by atoms with Gasteiger partial charge in [-0.3, -0.25) is 0 Å². The molecule has 0 saturated heterocycles. The van der Waals surface area contributed by atoms with Gasteiger partial charge in [0.05, 0.1) is 19.3 Å². The first-order chi connectivity index (χ1) is 11.6. The van der Waals surface area contributed by atoms with Crippen LogP contribution in [0.25, 0.3) is 0 Å². The number of carbonyl (C=O) groups is 1. The number of urea groups is 1. The molecule has 2 rings (SSSR count). The predicted octanol–water partition coefficient (Wildman–Crippen LogP) is 4.02.